The topological polar surface area (TPSA) is 46.2 Å². The van der Waals surface area contributed by atoms with Gasteiger partial charge in [0, 0.05) is 19.4 Å². The van der Waals surface area contributed by atoms with Crippen molar-refractivity contribution < 1.29 is 9.59 Å². The summed E-state index contributed by atoms with van der Waals surface area (Å²) in [4.78, 5) is 23.6. The molecule has 0 saturated heterocycles. The van der Waals surface area contributed by atoms with Crippen LogP contribution in [0.2, 0.25) is 0 Å². The molecule has 0 aromatic heterocycles. The second-order valence-corrected chi connectivity index (χ2v) is 6.90. The summed E-state index contributed by atoms with van der Waals surface area (Å²) < 4.78 is 0. The van der Waals surface area contributed by atoms with Gasteiger partial charge in [0.05, 0.1) is 0 Å². The highest BCUT2D eigenvalue weighted by Crippen LogP contribution is 2.08. The second-order valence-electron chi connectivity index (χ2n) is 6.90. The number of amides is 1. The third-order valence-corrected chi connectivity index (χ3v) is 4.36. The predicted octanol–water partition coefficient (Wildman–Crippen LogP) is 6.07. The van der Waals surface area contributed by atoms with Gasteiger partial charge in [-0.3, -0.25) is 9.59 Å². The minimum Gasteiger partial charge on any atom is -0.352 e. The van der Waals surface area contributed by atoms with E-state index in [1.807, 2.05) is 48.6 Å². The molecule has 0 atom stereocenters. The highest BCUT2D eigenvalue weighted by molar-refractivity contribution is 5.89. The van der Waals surface area contributed by atoms with Crippen LogP contribution in [0, 0.1) is 0 Å². The molecule has 152 valence electrons. The molecule has 0 aliphatic heterocycles. The fourth-order valence-corrected chi connectivity index (χ4v) is 2.74. The maximum Gasteiger partial charge on any atom is 0.220 e. The van der Waals surface area contributed by atoms with Crippen molar-refractivity contribution in [3.63, 3.8) is 0 Å². The van der Waals surface area contributed by atoms with E-state index < -0.39 is 0 Å². The largest absolute Gasteiger partial charge is 0.352 e. The molecular weight excluding hydrogens is 346 g/mol. The van der Waals surface area contributed by atoms with Gasteiger partial charge >= 0.3 is 0 Å². The van der Waals surface area contributed by atoms with E-state index in [4.69, 9.17) is 0 Å². The zero-order valence-electron chi connectivity index (χ0n) is 17.2. The Hall–Kier alpha value is -2.42. The predicted molar refractivity (Wildman–Crippen MR) is 118 cm³/mol. The lowest BCUT2D eigenvalue weighted by molar-refractivity contribution is -0.121. The Morgan fingerprint density at radius 3 is 2.32 bits per heavy atom. The van der Waals surface area contributed by atoms with Gasteiger partial charge in [0.1, 0.15) is 0 Å². The van der Waals surface area contributed by atoms with Gasteiger partial charge in [-0.2, -0.15) is 0 Å². The van der Waals surface area contributed by atoms with E-state index in [0.717, 1.165) is 50.5 Å². The van der Waals surface area contributed by atoms with E-state index in [9.17, 15) is 9.59 Å². The lowest BCUT2D eigenvalue weighted by Gasteiger charge is -2.05. The smallest absolute Gasteiger partial charge is 0.220 e. The molecule has 28 heavy (non-hydrogen) atoms. The highest BCUT2D eigenvalue weighted by Gasteiger charge is 2.01. The van der Waals surface area contributed by atoms with Gasteiger partial charge in [0.25, 0.3) is 0 Å². The van der Waals surface area contributed by atoms with Crippen LogP contribution < -0.4 is 5.32 Å². The van der Waals surface area contributed by atoms with Crippen molar-refractivity contribution in [2.24, 2.45) is 0 Å². The molecule has 0 heterocycles. The lowest BCUT2D eigenvalue weighted by atomic mass is 10.1. The fourth-order valence-electron chi connectivity index (χ4n) is 2.74. The monoisotopic (exact) mass is 381 g/mol. The van der Waals surface area contributed by atoms with Gasteiger partial charge in [-0.15, -0.1) is 0 Å². The van der Waals surface area contributed by atoms with E-state index in [-0.39, 0.29) is 11.7 Å². The molecule has 0 aliphatic carbocycles. The molecule has 1 rings (SSSR count). The number of rotatable bonds is 15. The Labute approximate surface area is 170 Å². The van der Waals surface area contributed by atoms with Crippen LogP contribution in [0.3, 0.4) is 0 Å². The summed E-state index contributed by atoms with van der Waals surface area (Å²) in [5.41, 5.74) is 1.12. The Morgan fingerprint density at radius 2 is 1.57 bits per heavy atom. The van der Waals surface area contributed by atoms with E-state index in [1.165, 1.54) is 0 Å². The summed E-state index contributed by atoms with van der Waals surface area (Å²) in [5.74, 6) is 0.302. The fraction of sp³-hybridized carbons (Fsp3) is 0.440. The van der Waals surface area contributed by atoms with Gasteiger partial charge < -0.3 is 5.32 Å². The molecule has 1 aromatic rings. The zero-order chi connectivity index (χ0) is 20.3. The minimum absolute atomic E-state index is 0.113. The number of allylic oxidation sites excluding steroid dienone is 6. The van der Waals surface area contributed by atoms with Gasteiger partial charge in [0.2, 0.25) is 5.91 Å². The van der Waals surface area contributed by atoms with Gasteiger partial charge in [0.15, 0.2) is 5.78 Å². The lowest BCUT2D eigenvalue weighted by Crippen LogP contribution is -2.22. The van der Waals surface area contributed by atoms with Crippen molar-refractivity contribution in [2.45, 2.75) is 71.3 Å². The van der Waals surface area contributed by atoms with E-state index in [1.54, 1.807) is 6.08 Å². The minimum atomic E-state index is 0.113. The first-order valence-electron chi connectivity index (χ1n) is 10.5. The molecule has 1 amide bonds. The summed E-state index contributed by atoms with van der Waals surface area (Å²) in [5, 5.41) is 2.95. The van der Waals surface area contributed by atoms with E-state index in [0.29, 0.717) is 19.4 Å². The van der Waals surface area contributed by atoms with Crippen molar-refractivity contribution in [3.05, 3.63) is 72.4 Å². The Kier molecular flexibility index (Phi) is 14.1. The van der Waals surface area contributed by atoms with Crippen LogP contribution in [0.5, 0.6) is 0 Å². The first-order valence-corrected chi connectivity index (χ1v) is 10.5. The first kappa shape index (κ1) is 23.6. The van der Waals surface area contributed by atoms with Crippen molar-refractivity contribution in [1.82, 2.24) is 5.32 Å². The van der Waals surface area contributed by atoms with Crippen LogP contribution in [0.15, 0.2) is 66.8 Å². The molecular formula is C25H35NO2. The van der Waals surface area contributed by atoms with Crippen LogP contribution in [-0.4, -0.2) is 11.7 Å². The van der Waals surface area contributed by atoms with Crippen LogP contribution in [-0.2, 0) is 16.1 Å². The summed E-state index contributed by atoms with van der Waals surface area (Å²) in [7, 11) is 0. The SMILES string of the molecule is CCC=CCC=CC=CC(=O)CCCCCCCC(=O)NCc1ccccc1. The van der Waals surface area contributed by atoms with Crippen molar-refractivity contribution in [3.8, 4) is 0 Å². The Balaban J connectivity index is 1.95. The third-order valence-electron chi connectivity index (χ3n) is 4.36. The van der Waals surface area contributed by atoms with E-state index in [2.05, 4.69) is 24.4 Å². The molecule has 0 saturated carbocycles. The van der Waals surface area contributed by atoms with Gasteiger partial charge in [-0.1, -0.05) is 86.9 Å². The summed E-state index contributed by atoms with van der Waals surface area (Å²) in [6.07, 6.45) is 19.9. The number of unbranched alkanes of at least 4 members (excludes halogenated alkanes) is 4. The first-order chi connectivity index (χ1) is 13.7. The van der Waals surface area contributed by atoms with E-state index >= 15 is 0 Å². The quantitative estimate of drug-likeness (QED) is 0.173. The molecule has 1 N–H and O–H groups in total. The number of hydrogen-bond acceptors (Lipinski definition) is 2. The Bertz CT molecular complexity index is 629. The number of hydrogen-bond donors (Lipinski definition) is 1. The molecule has 0 bridgehead atoms. The van der Waals surface area contributed by atoms with Gasteiger partial charge in [-0.25, -0.2) is 0 Å². The summed E-state index contributed by atoms with van der Waals surface area (Å²) in [6.45, 7) is 2.71. The normalized spacial score (nSPS) is 11.6. The molecule has 3 heteroatoms. The molecule has 0 radical (unpaired) electrons. The third kappa shape index (κ3) is 13.7. The van der Waals surface area contributed by atoms with Crippen LogP contribution >= 0.6 is 0 Å². The van der Waals surface area contributed by atoms with Crippen molar-refractivity contribution in [1.29, 1.82) is 0 Å². The Morgan fingerprint density at radius 1 is 0.857 bits per heavy atom. The molecule has 0 unspecified atom stereocenters. The number of nitrogens with one attached hydrogen (secondary N) is 1. The summed E-state index contributed by atoms with van der Waals surface area (Å²) >= 11 is 0. The number of benzene rings is 1. The average Bonchev–Trinajstić information content (AvgIpc) is 2.71. The standard InChI is InChI=1S/C25H35NO2/c1-2-3-4-5-6-8-14-19-24(27)20-15-9-7-10-16-21-25(28)26-22-23-17-12-11-13-18-23/h3-4,6,8,11-14,17-19H,2,5,7,9-10,15-16,20-22H2,1H3,(H,26,28). The average molecular weight is 382 g/mol. The van der Waals surface area contributed by atoms with Gasteiger partial charge in [-0.05, 0) is 37.3 Å². The zero-order valence-corrected chi connectivity index (χ0v) is 17.2. The van der Waals surface area contributed by atoms with Crippen molar-refractivity contribution in [2.75, 3.05) is 0 Å². The molecule has 3 nitrogen and oxygen atoms in total. The number of ketones is 1. The molecule has 0 aliphatic rings. The number of carbonyl (C=O) groups is 2. The second kappa shape index (κ2) is 16.7. The maximum atomic E-state index is 11.8. The van der Waals surface area contributed by atoms with Crippen molar-refractivity contribution >= 4 is 11.7 Å². The van der Waals surface area contributed by atoms with Crippen LogP contribution in [0.1, 0.15) is 70.3 Å². The van der Waals surface area contributed by atoms with Crippen LogP contribution in [0.4, 0.5) is 0 Å². The molecule has 0 spiro atoms. The molecule has 0 fully saturated rings. The summed E-state index contributed by atoms with van der Waals surface area (Å²) in [6, 6.07) is 9.95. The maximum absolute atomic E-state index is 11.8. The molecule has 1 aromatic carbocycles. The highest BCUT2D eigenvalue weighted by atomic mass is 16.1. The van der Waals surface area contributed by atoms with Crippen LogP contribution in [0.25, 0.3) is 0 Å². The number of carbonyl (C=O) groups excluding carboxylic acids is 2.